The van der Waals surface area contributed by atoms with Gasteiger partial charge in [0.1, 0.15) is 0 Å². The van der Waals surface area contributed by atoms with Crippen LogP contribution in [-0.2, 0) is 0 Å². The van der Waals surface area contributed by atoms with Gasteiger partial charge in [-0.05, 0) is 45.1 Å². The third-order valence-electron chi connectivity index (χ3n) is 2.91. The first-order chi connectivity index (χ1) is 5.61. The normalized spacial score (nSPS) is 25.0. The molecule has 2 heteroatoms. The highest BCUT2D eigenvalue weighted by Crippen LogP contribution is 2.36. The average molecular weight is 171 g/mol. The molecular formula is C10H21NO. The fourth-order valence-corrected chi connectivity index (χ4v) is 1.37. The molecule has 1 fully saturated rings. The lowest BCUT2D eigenvalue weighted by Crippen LogP contribution is -2.38. The summed E-state index contributed by atoms with van der Waals surface area (Å²) in [5.41, 5.74) is 0. The maximum absolute atomic E-state index is 9.23. The van der Waals surface area contributed by atoms with Crippen LogP contribution in [-0.4, -0.2) is 23.8 Å². The van der Waals surface area contributed by atoms with Gasteiger partial charge >= 0.3 is 0 Å². The van der Waals surface area contributed by atoms with E-state index < -0.39 is 0 Å². The van der Waals surface area contributed by atoms with Crippen LogP contribution in [0.15, 0.2) is 0 Å². The van der Waals surface area contributed by atoms with E-state index in [2.05, 4.69) is 12.2 Å². The highest BCUT2D eigenvalue weighted by molar-refractivity contribution is 4.81. The van der Waals surface area contributed by atoms with Crippen molar-refractivity contribution in [3.8, 4) is 0 Å². The fourth-order valence-electron chi connectivity index (χ4n) is 1.37. The van der Waals surface area contributed by atoms with Gasteiger partial charge in [-0.1, -0.05) is 6.92 Å². The molecule has 3 unspecified atom stereocenters. The number of aliphatic hydroxyl groups excluding tert-OH is 1. The second kappa shape index (κ2) is 4.24. The average Bonchev–Trinajstić information content (AvgIpc) is 2.81. The van der Waals surface area contributed by atoms with Gasteiger partial charge in [-0.25, -0.2) is 0 Å². The van der Waals surface area contributed by atoms with E-state index in [-0.39, 0.29) is 12.1 Å². The summed E-state index contributed by atoms with van der Waals surface area (Å²) >= 11 is 0. The summed E-state index contributed by atoms with van der Waals surface area (Å²) in [6, 6.07) is 0.228. The molecule has 0 radical (unpaired) electrons. The van der Waals surface area contributed by atoms with E-state index in [1.54, 1.807) is 0 Å². The standard InChI is InChI=1S/C10H21NO/c1-7(10-4-5-10)6-11-8(2)9(3)12/h7-12H,4-6H2,1-3H3. The Bertz CT molecular complexity index is 124. The molecule has 0 aromatic rings. The maximum Gasteiger partial charge on any atom is 0.0662 e. The van der Waals surface area contributed by atoms with Gasteiger partial charge in [0.15, 0.2) is 0 Å². The summed E-state index contributed by atoms with van der Waals surface area (Å²) < 4.78 is 0. The zero-order valence-electron chi connectivity index (χ0n) is 8.38. The van der Waals surface area contributed by atoms with E-state index in [4.69, 9.17) is 0 Å². The van der Waals surface area contributed by atoms with Crippen LogP contribution in [0.3, 0.4) is 0 Å². The molecule has 1 aliphatic carbocycles. The van der Waals surface area contributed by atoms with Crippen molar-refractivity contribution in [1.82, 2.24) is 5.32 Å². The van der Waals surface area contributed by atoms with Gasteiger partial charge in [-0.3, -0.25) is 0 Å². The van der Waals surface area contributed by atoms with E-state index in [1.165, 1.54) is 12.8 Å². The highest BCUT2D eigenvalue weighted by Gasteiger charge is 2.27. The minimum absolute atomic E-state index is 0.228. The molecule has 0 amide bonds. The van der Waals surface area contributed by atoms with Crippen molar-refractivity contribution < 1.29 is 5.11 Å². The fraction of sp³-hybridized carbons (Fsp3) is 1.00. The number of aliphatic hydroxyl groups is 1. The molecule has 2 nitrogen and oxygen atoms in total. The van der Waals surface area contributed by atoms with Crippen molar-refractivity contribution in [2.45, 2.75) is 45.8 Å². The first-order valence-electron chi connectivity index (χ1n) is 5.02. The molecule has 3 atom stereocenters. The monoisotopic (exact) mass is 171 g/mol. The lowest BCUT2D eigenvalue weighted by molar-refractivity contribution is 0.150. The number of nitrogens with one attached hydrogen (secondary N) is 1. The van der Waals surface area contributed by atoms with Gasteiger partial charge in [-0.2, -0.15) is 0 Å². The van der Waals surface area contributed by atoms with E-state index in [9.17, 15) is 5.11 Å². The van der Waals surface area contributed by atoms with Crippen LogP contribution in [0.2, 0.25) is 0 Å². The van der Waals surface area contributed by atoms with Gasteiger partial charge in [0, 0.05) is 6.04 Å². The van der Waals surface area contributed by atoms with Crippen molar-refractivity contribution in [2.24, 2.45) is 11.8 Å². The van der Waals surface area contributed by atoms with E-state index in [0.29, 0.717) is 0 Å². The van der Waals surface area contributed by atoms with Crippen molar-refractivity contribution in [1.29, 1.82) is 0 Å². The minimum atomic E-state index is -0.239. The molecule has 0 aromatic heterocycles. The molecule has 2 N–H and O–H groups in total. The third kappa shape index (κ3) is 3.11. The summed E-state index contributed by atoms with van der Waals surface area (Å²) in [6.45, 7) is 7.21. The Kier molecular flexibility index (Phi) is 3.53. The van der Waals surface area contributed by atoms with Gasteiger partial charge in [0.2, 0.25) is 0 Å². The quantitative estimate of drug-likeness (QED) is 0.655. The summed E-state index contributed by atoms with van der Waals surface area (Å²) in [6.07, 6.45) is 2.58. The Hall–Kier alpha value is -0.0800. The third-order valence-corrected chi connectivity index (χ3v) is 2.91. The van der Waals surface area contributed by atoms with Crippen LogP contribution >= 0.6 is 0 Å². The van der Waals surface area contributed by atoms with Gasteiger partial charge in [0.25, 0.3) is 0 Å². The summed E-state index contributed by atoms with van der Waals surface area (Å²) in [7, 11) is 0. The molecule has 0 spiro atoms. The van der Waals surface area contributed by atoms with Crippen LogP contribution in [0.25, 0.3) is 0 Å². The highest BCUT2D eigenvalue weighted by atomic mass is 16.3. The summed E-state index contributed by atoms with van der Waals surface area (Å²) in [4.78, 5) is 0. The molecule has 1 rings (SSSR count). The van der Waals surface area contributed by atoms with Crippen LogP contribution in [0.4, 0.5) is 0 Å². The zero-order chi connectivity index (χ0) is 9.14. The van der Waals surface area contributed by atoms with E-state index in [0.717, 1.165) is 18.4 Å². The van der Waals surface area contributed by atoms with Crippen LogP contribution in [0.1, 0.15) is 33.6 Å². The molecule has 0 bridgehead atoms. The molecule has 72 valence electrons. The van der Waals surface area contributed by atoms with E-state index in [1.807, 2.05) is 13.8 Å². The Morgan fingerprint density at radius 2 is 1.92 bits per heavy atom. The number of hydrogen-bond donors (Lipinski definition) is 2. The number of rotatable bonds is 5. The second-order valence-corrected chi connectivity index (χ2v) is 4.25. The first kappa shape index (κ1) is 10.0. The molecule has 1 aliphatic rings. The smallest absolute Gasteiger partial charge is 0.0662 e. The van der Waals surface area contributed by atoms with Crippen LogP contribution in [0.5, 0.6) is 0 Å². The Balaban J connectivity index is 2.07. The molecule has 1 saturated carbocycles. The number of hydrogen-bond acceptors (Lipinski definition) is 2. The molecule has 12 heavy (non-hydrogen) atoms. The lowest BCUT2D eigenvalue weighted by atomic mass is 10.1. The zero-order valence-corrected chi connectivity index (χ0v) is 8.38. The minimum Gasteiger partial charge on any atom is -0.392 e. The molecule has 0 saturated heterocycles. The van der Waals surface area contributed by atoms with Gasteiger partial charge in [0.05, 0.1) is 6.10 Å². The van der Waals surface area contributed by atoms with Crippen molar-refractivity contribution in [3.05, 3.63) is 0 Å². The maximum atomic E-state index is 9.23. The van der Waals surface area contributed by atoms with Crippen molar-refractivity contribution in [3.63, 3.8) is 0 Å². The first-order valence-corrected chi connectivity index (χ1v) is 5.02. The molecule has 0 heterocycles. The van der Waals surface area contributed by atoms with Gasteiger partial charge < -0.3 is 10.4 Å². The predicted molar refractivity (Wildman–Crippen MR) is 51.0 cm³/mol. The Morgan fingerprint density at radius 3 is 2.33 bits per heavy atom. The van der Waals surface area contributed by atoms with Crippen molar-refractivity contribution in [2.75, 3.05) is 6.54 Å². The van der Waals surface area contributed by atoms with Crippen LogP contribution < -0.4 is 5.32 Å². The van der Waals surface area contributed by atoms with Crippen LogP contribution in [0, 0.1) is 11.8 Å². The Morgan fingerprint density at radius 1 is 1.33 bits per heavy atom. The second-order valence-electron chi connectivity index (χ2n) is 4.25. The van der Waals surface area contributed by atoms with Crippen molar-refractivity contribution >= 4 is 0 Å². The molecular weight excluding hydrogens is 150 g/mol. The predicted octanol–water partition coefficient (Wildman–Crippen LogP) is 1.39. The summed E-state index contributed by atoms with van der Waals surface area (Å²) in [5, 5.41) is 12.6. The molecule has 0 aromatic carbocycles. The largest absolute Gasteiger partial charge is 0.392 e. The lowest BCUT2D eigenvalue weighted by Gasteiger charge is -2.19. The summed E-state index contributed by atoms with van der Waals surface area (Å²) in [5.74, 6) is 1.74. The van der Waals surface area contributed by atoms with Gasteiger partial charge in [-0.15, -0.1) is 0 Å². The molecule has 0 aliphatic heterocycles. The SMILES string of the molecule is CC(O)C(C)NCC(C)C1CC1. The topological polar surface area (TPSA) is 32.3 Å². The Labute approximate surface area is 75.4 Å². The van der Waals surface area contributed by atoms with E-state index >= 15 is 0 Å².